The molecule has 1 N–H and O–H groups in total. The van der Waals surface area contributed by atoms with Crippen molar-refractivity contribution in [1.29, 1.82) is 0 Å². The molecule has 7 nitrogen and oxygen atoms in total. The van der Waals surface area contributed by atoms with Gasteiger partial charge in [0, 0.05) is 20.1 Å². The second-order valence-corrected chi connectivity index (χ2v) is 5.48. The third-order valence-electron chi connectivity index (χ3n) is 2.76. The first-order chi connectivity index (χ1) is 9.86. The van der Waals surface area contributed by atoms with Crippen molar-refractivity contribution >= 4 is 5.95 Å². The van der Waals surface area contributed by atoms with E-state index in [1.807, 2.05) is 34.6 Å². The smallest absolute Gasteiger partial charge is 0.324 e. The quantitative estimate of drug-likeness (QED) is 0.749. The monoisotopic (exact) mass is 298 g/mol. The van der Waals surface area contributed by atoms with E-state index in [4.69, 9.17) is 14.2 Å². The Balaban J connectivity index is 2.73. The van der Waals surface area contributed by atoms with E-state index < -0.39 is 0 Å². The predicted octanol–water partition coefficient (Wildman–Crippen LogP) is 2.28. The third kappa shape index (κ3) is 6.57. The van der Waals surface area contributed by atoms with E-state index in [-0.39, 0.29) is 23.7 Å². The molecule has 1 aromatic rings. The summed E-state index contributed by atoms with van der Waals surface area (Å²) >= 11 is 0. The van der Waals surface area contributed by atoms with Crippen molar-refractivity contribution in [3.63, 3.8) is 0 Å². The van der Waals surface area contributed by atoms with Crippen LogP contribution in [0.3, 0.4) is 0 Å². The molecule has 0 amide bonds. The van der Waals surface area contributed by atoms with Gasteiger partial charge in [-0.2, -0.15) is 9.97 Å². The van der Waals surface area contributed by atoms with Gasteiger partial charge < -0.3 is 19.5 Å². The van der Waals surface area contributed by atoms with Crippen LogP contribution < -0.4 is 14.8 Å². The minimum absolute atomic E-state index is 0.0119. The zero-order valence-electron chi connectivity index (χ0n) is 13.8. The second kappa shape index (κ2) is 7.97. The van der Waals surface area contributed by atoms with Crippen molar-refractivity contribution in [2.24, 2.45) is 0 Å². The lowest BCUT2D eigenvalue weighted by molar-refractivity contribution is 0.00459. The summed E-state index contributed by atoms with van der Waals surface area (Å²) in [5, 5.41) is 3.03. The number of anilines is 1. The van der Waals surface area contributed by atoms with Gasteiger partial charge in [-0.05, 0) is 34.6 Å². The van der Waals surface area contributed by atoms with E-state index in [2.05, 4.69) is 20.3 Å². The van der Waals surface area contributed by atoms with Crippen LogP contribution in [0.1, 0.15) is 41.0 Å². The molecule has 1 heterocycles. The topological polar surface area (TPSA) is 78.4 Å². The number of hydrogen-bond donors (Lipinski definition) is 1. The summed E-state index contributed by atoms with van der Waals surface area (Å²) in [6.07, 6.45) is 0.716. The molecule has 0 aliphatic carbocycles. The van der Waals surface area contributed by atoms with Crippen molar-refractivity contribution in [3.05, 3.63) is 0 Å². The van der Waals surface area contributed by atoms with E-state index in [0.717, 1.165) is 6.42 Å². The molecule has 0 aliphatic heterocycles. The van der Waals surface area contributed by atoms with Crippen LogP contribution in [0, 0.1) is 0 Å². The Morgan fingerprint density at radius 1 is 1.14 bits per heavy atom. The van der Waals surface area contributed by atoms with Gasteiger partial charge in [-0.25, -0.2) is 0 Å². The maximum absolute atomic E-state index is 5.59. The average Bonchev–Trinajstić information content (AvgIpc) is 2.38. The summed E-state index contributed by atoms with van der Waals surface area (Å²) < 4.78 is 16.4. The highest BCUT2D eigenvalue weighted by molar-refractivity contribution is 5.27. The van der Waals surface area contributed by atoms with Gasteiger partial charge in [0.2, 0.25) is 5.95 Å². The minimum Gasteiger partial charge on any atom is -0.463 e. The predicted molar refractivity (Wildman–Crippen MR) is 81.0 cm³/mol. The van der Waals surface area contributed by atoms with Crippen LogP contribution in [-0.4, -0.2) is 46.9 Å². The number of nitrogens with one attached hydrogen (secondary N) is 1. The van der Waals surface area contributed by atoms with Gasteiger partial charge in [0.15, 0.2) is 0 Å². The molecule has 0 spiro atoms. The molecule has 0 saturated heterocycles. The average molecular weight is 298 g/mol. The van der Waals surface area contributed by atoms with Crippen LogP contribution in [0.4, 0.5) is 5.95 Å². The van der Waals surface area contributed by atoms with Crippen LogP contribution in [0.5, 0.6) is 12.0 Å². The molecule has 0 aliphatic rings. The van der Waals surface area contributed by atoms with E-state index in [9.17, 15) is 0 Å². The Bertz CT molecular complexity index is 438. The van der Waals surface area contributed by atoms with Crippen LogP contribution in [0.25, 0.3) is 0 Å². The minimum atomic E-state index is -0.241. The maximum atomic E-state index is 5.59. The highest BCUT2D eigenvalue weighted by Crippen LogP contribution is 2.16. The zero-order chi connectivity index (χ0) is 15.9. The highest BCUT2D eigenvalue weighted by atomic mass is 16.5. The van der Waals surface area contributed by atoms with Crippen molar-refractivity contribution in [2.75, 3.05) is 25.6 Å². The number of methoxy groups -OCH3 is 1. The van der Waals surface area contributed by atoms with Gasteiger partial charge >= 0.3 is 12.0 Å². The fourth-order valence-electron chi connectivity index (χ4n) is 1.39. The zero-order valence-corrected chi connectivity index (χ0v) is 13.8. The lowest BCUT2D eigenvalue weighted by atomic mass is 10.1. The first kappa shape index (κ1) is 17.4. The van der Waals surface area contributed by atoms with E-state index in [0.29, 0.717) is 19.1 Å². The Hall–Kier alpha value is -1.63. The van der Waals surface area contributed by atoms with Crippen molar-refractivity contribution in [1.82, 2.24) is 15.0 Å². The molecule has 0 bridgehead atoms. The molecule has 0 fully saturated rings. The van der Waals surface area contributed by atoms with Gasteiger partial charge in [-0.1, -0.05) is 0 Å². The van der Waals surface area contributed by atoms with Gasteiger partial charge in [-0.15, -0.1) is 4.98 Å². The molecule has 0 aromatic carbocycles. The molecule has 1 rings (SSSR count). The Labute approximate surface area is 126 Å². The van der Waals surface area contributed by atoms with Gasteiger partial charge in [0.1, 0.15) is 0 Å². The normalized spacial score (nSPS) is 11.6. The lowest BCUT2D eigenvalue weighted by Crippen LogP contribution is -2.25. The summed E-state index contributed by atoms with van der Waals surface area (Å²) in [5.41, 5.74) is -0.241. The van der Waals surface area contributed by atoms with Crippen LogP contribution in [0.15, 0.2) is 0 Å². The summed E-state index contributed by atoms with van der Waals surface area (Å²) in [6.45, 7) is 11.0. The van der Waals surface area contributed by atoms with E-state index in [1.54, 1.807) is 7.11 Å². The van der Waals surface area contributed by atoms with Crippen molar-refractivity contribution in [3.8, 4) is 12.0 Å². The Morgan fingerprint density at radius 3 is 2.38 bits per heavy atom. The Morgan fingerprint density at radius 2 is 1.81 bits per heavy atom. The molecule has 0 atom stereocenters. The van der Waals surface area contributed by atoms with E-state index >= 15 is 0 Å². The molecular formula is C14H26N4O3. The fraction of sp³-hybridized carbons (Fsp3) is 0.786. The summed E-state index contributed by atoms with van der Waals surface area (Å²) in [7, 11) is 1.68. The first-order valence-corrected chi connectivity index (χ1v) is 7.21. The summed E-state index contributed by atoms with van der Waals surface area (Å²) in [4.78, 5) is 12.5. The van der Waals surface area contributed by atoms with Crippen LogP contribution in [-0.2, 0) is 4.74 Å². The number of ether oxygens (including phenoxy) is 3. The maximum Gasteiger partial charge on any atom is 0.324 e. The SMILES string of the molecule is CCNc1nc(OCCC(C)(C)OC)nc(OC(C)C)n1. The van der Waals surface area contributed by atoms with Gasteiger partial charge in [-0.3, -0.25) is 0 Å². The van der Waals surface area contributed by atoms with Gasteiger partial charge in [0.25, 0.3) is 0 Å². The number of rotatable bonds is 9. The number of hydrogen-bond acceptors (Lipinski definition) is 7. The molecule has 120 valence electrons. The fourth-order valence-corrected chi connectivity index (χ4v) is 1.39. The largest absolute Gasteiger partial charge is 0.463 e. The molecule has 1 aromatic heterocycles. The molecular weight excluding hydrogens is 272 g/mol. The number of aromatic nitrogens is 3. The van der Waals surface area contributed by atoms with Crippen LogP contribution in [0.2, 0.25) is 0 Å². The van der Waals surface area contributed by atoms with Gasteiger partial charge in [0.05, 0.1) is 18.3 Å². The summed E-state index contributed by atoms with van der Waals surface area (Å²) in [5.74, 6) is 0.448. The highest BCUT2D eigenvalue weighted by Gasteiger charge is 2.17. The summed E-state index contributed by atoms with van der Waals surface area (Å²) in [6, 6.07) is 0.514. The molecule has 0 radical (unpaired) electrons. The van der Waals surface area contributed by atoms with Crippen molar-refractivity contribution < 1.29 is 14.2 Å². The van der Waals surface area contributed by atoms with Crippen LogP contribution >= 0.6 is 0 Å². The molecule has 0 unspecified atom stereocenters. The third-order valence-corrected chi connectivity index (χ3v) is 2.76. The van der Waals surface area contributed by atoms with E-state index in [1.165, 1.54) is 0 Å². The molecule has 0 saturated carbocycles. The molecule has 7 heteroatoms. The van der Waals surface area contributed by atoms with Crippen molar-refractivity contribution in [2.45, 2.75) is 52.7 Å². The first-order valence-electron chi connectivity index (χ1n) is 7.21. The standard InChI is InChI=1S/C14H26N4O3/c1-7-15-11-16-12(18-13(17-11)21-10(2)3)20-9-8-14(4,5)19-6/h10H,7-9H2,1-6H3,(H,15,16,17,18). The Kier molecular flexibility index (Phi) is 6.61. The number of nitrogens with zero attached hydrogens (tertiary/aromatic N) is 3. The molecule has 21 heavy (non-hydrogen) atoms. The lowest BCUT2D eigenvalue weighted by Gasteiger charge is -2.22. The second-order valence-electron chi connectivity index (χ2n) is 5.48.